The lowest BCUT2D eigenvalue weighted by molar-refractivity contribution is -0.122. The fourth-order valence-electron chi connectivity index (χ4n) is 2.09. The number of nitrogens with one attached hydrogen (secondary N) is 1. The van der Waals surface area contributed by atoms with Gasteiger partial charge in [-0.3, -0.25) is 9.78 Å². The summed E-state index contributed by atoms with van der Waals surface area (Å²) >= 11 is 5.88. The molecule has 1 aliphatic carbocycles. The van der Waals surface area contributed by atoms with Crippen LogP contribution in [0.5, 0.6) is 0 Å². The largest absolute Gasteiger partial charge is 0.383 e. The van der Waals surface area contributed by atoms with Crippen LogP contribution >= 0.6 is 11.6 Å². The van der Waals surface area contributed by atoms with Gasteiger partial charge in [0.15, 0.2) is 6.04 Å². The first-order valence-corrected chi connectivity index (χ1v) is 6.88. The first-order chi connectivity index (χ1) is 10.1. The summed E-state index contributed by atoms with van der Waals surface area (Å²) in [6, 6.07) is 4.61. The van der Waals surface area contributed by atoms with Gasteiger partial charge in [-0.1, -0.05) is 11.6 Å². The zero-order valence-electron chi connectivity index (χ0n) is 11.0. The van der Waals surface area contributed by atoms with Crippen LogP contribution in [0.1, 0.15) is 24.6 Å². The number of nitrogen functional groups attached to an aromatic ring is 1. The van der Waals surface area contributed by atoms with E-state index in [9.17, 15) is 10.1 Å². The molecule has 0 saturated heterocycles. The minimum Gasteiger partial charge on any atom is -0.383 e. The van der Waals surface area contributed by atoms with Crippen LogP contribution in [0, 0.1) is 17.2 Å². The number of pyridine rings is 2. The van der Waals surface area contributed by atoms with E-state index in [-0.39, 0.29) is 22.8 Å². The molecular weight excluding hydrogens is 290 g/mol. The predicted molar refractivity (Wildman–Crippen MR) is 78.2 cm³/mol. The Hall–Kier alpha value is -2.39. The van der Waals surface area contributed by atoms with Gasteiger partial charge in [-0.25, -0.2) is 4.98 Å². The van der Waals surface area contributed by atoms with Crippen molar-refractivity contribution in [2.45, 2.75) is 18.9 Å². The van der Waals surface area contributed by atoms with Crippen molar-refractivity contribution in [1.29, 1.82) is 5.26 Å². The Morgan fingerprint density at radius 2 is 2.29 bits per heavy atom. The monoisotopic (exact) mass is 301 g/mol. The maximum atomic E-state index is 11.8. The molecule has 106 valence electrons. The van der Waals surface area contributed by atoms with Gasteiger partial charge < -0.3 is 11.1 Å². The van der Waals surface area contributed by atoms with Crippen LogP contribution < -0.4 is 11.1 Å². The number of nitriles is 1. The molecule has 1 unspecified atom stereocenters. The molecule has 1 fully saturated rings. The number of nitrogens with zero attached hydrogens (tertiary/aromatic N) is 3. The summed E-state index contributed by atoms with van der Waals surface area (Å²) in [7, 11) is 0. The van der Waals surface area contributed by atoms with Crippen LogP contribution in [0.15, 0.2) is 18.3 Å². The second-order valence-electron chi connectivity index (χ2n) is 5.01. The molecule has 2 aromatic rings. The Bertz CT molecular complexity index is 766. The molecule has 2 heterocycles. The van der Waals surface area contributed by atoms with Gasteiger partial charge in [0, 0.05) is 17.5 Å². The Kier molecular flexibility index (Phi) is 3.35. The Labute approximate surface area is 125 Å². The molecule has 6 nitrogen and oxygen atoms in total. The molecule has 0 aromatic carbocycles. The molecular formula is C14H12ClN5O. The zero-order chi connectivity index (χ0) is 15.0. The van der Waals surface area contributed by atoms with Crippen LogP contribution in [0.3, 0.4) is 0 Å². The van der Waals surface area contributed by atoms with Gasteiger partial charge in [0.25, 0.3) is 0 Å². The van der Waals surface area contributed by atoms with E-state index in [1.165, 1.54) is 6.20 Å². The number of aromatic nitrogens is 2. The SMILES string of the molecule is N#CC(NC(=O)C1CC1)c1cc2cc(Cl)nc(N)c2cn1. The van der Waals surface area contributed by atoms with Crippen LogP contribution in [0.4, 0.5) is 5.82 Å². The lowest BCUT2D eigenvalue weighted by atomic mass is 10.1. The molecule has 7 heteroatoms. The highest BCUT2D eigenvalue weighted by molar-refractivity contribution is 6.30. The van der Waals surface area contributed by atoms with E-state index in [1.54, 1.807) is 12.1 Å². The first-order valence-electron chi connectivity index (χ1n) is 6.50. The number of anilines is 1. The molecule has 1 aliphatic rings. The number of hydrogen-bond donors (Lipinski definition) is 2. The van der Waals surface area contributed by atoms with Crippen molar-refractivity contribution >= 4 is 34.1 Å². The molecule has 0 aliphatic heterocycles. The van der Waals surface area contributed by atoms with Gasteiger partial charge in [0.2, 0.25) is 5.91 Å². The third kappa shape index (κ3) is 2.73. The van der Waals surface area contributed by atoms with Crippen LogP contribution in [-0.2, 0) is 4.79 Å². The molecule has 3 rings (SSSR count). The number of hydrogen-bond acceptors (Lipinski definition) is 5. The normalized spacial score (nSPS) is 15.4. The number of nitrogens with two attached hydrogens (primary N) is 1. The van der Waals surface area contributed by atoms with E-state index in [4.69, 9.17) is 17.3 Å². The standard InChI is InChI=1S/C14H12ClN5O/c15-12-4-8-3-10(18-6-9(8)13(17)20-12)11(5-16)19-14(21)7-1-2-7/h3-4,6-7,11H,1-2H2,(H2,17,20)(H,19,21). The molecule has 21 heavy (non-hydrogen) atoms. The molecule has 1 amide bonds. The molecule has 0 radical (unpaired) electrons. The van der Waals surface area contributed by atoms with Crippen molar-refractivity contribution in [3.05, 3.63) is 29.2 Å². The van der Waals surface area contributed by atoms with Crippen LogP contribution in [0.2, 0.25) is 5.15 Å². The lowest BCUT2D eigenvalue weighted by Crippen LogP contribution is -2.29. The quantitative estimate of drug-likeness (QED) is 0.843. The predicted octanol–water partition coefficient (Wildman–Crippen LogP) is 1.96. The molecule has 3 N–H and O–H groups in total. The third-order valence-corrected chi connectivity index (χ3v) is 3.59. The number of fused-ring (bicyclic) bond motifs is 1. The minimum absolute atomic E-state index is 0.0376. The second kappa shape index (κ2) is 5.19. The van der Waals surface area contributed by atoms with E-state index < -0.39 is 6.04 Å². The topological polar surface area (TPSA) is 105 Å². The maximum Gasteiger partial charge on any atom is 0.224 e. The number of carbonyl (C=O) groups excluding carboxylic acids is 1. The van der Waals surface area contributed by atoms with Crippen LogP contribution in [0.25, 0.3) is 10.8 Å². The van der Waals surface area contributed by atoms with Crippen molar-refractivity contribution in [3.63, 3.8) is 0 Å². The van der Waals surface area contributed by atoms with E-state index in [2.05, 4.69) is 21.4 Å². The van der Waals surface area contributed by atoms with E-state index in [1.807, 2.05) is 0 Å². The van der Waals surface area contributed by atoms with Gasteiger partial charge >= 0.3 is 0 Å². The summed E-state index contributed by atoms with van der Waals surface area (Å²) in [5.74, 6) is 0.221. The average Bonchev–Trinajstić information content (AvgIpc) is 3.28. The highest BCUT2D eigenvalue weighted by Crippen LogP contribution is 2.30. The summed E-state index contributed by atoms with van der Waals surface area (Å²) in [5, 5.41) is 13.6. The Balaban J connectivity index is 1.95. The second-order valence-corrected chi connectivity index (χ2v) is 5.39. The minimum atomic E-state index is -0.782. The van der Waals surface area contributed by atoms with Crippen molar-refractivity contribution in [2.75, 3.05) is 5.73 Å². The maximum absolute atomic E-state index is 11.8. The Morgan fingerprint density at radius 3 is 2.95 bits per heavy atom. The summed E-state index contributed by atoms with van der Waals surface area (Å²) in [4.78, 5) is 19.9. The molecule has 0 spiro atoms. The zero-order valence-corrected chi connectivity index (χ0v) is 11.8. The van der Waals surface area contributed by atoms with E-state index >= 15 is 0 Å². The lowest BCUT2D eigenvalue weighted by Gasteiger charge is -2.12. The van der Waals surface area contributed by atoms with Crippen molar-refractivity contribution in [3.8, 4) is 6.07 Å². The first kappa shape index (κ1) is 13.6. The molecule has 1 saturated carbocycles. The number of rotatable bonds is 3. The summed E-state index contributed by atoms with van der Waals surface area (Å²) in [6.07, 6.45) is 3.30. The molecule has 1 atom stereocenters. The number of carbonyl (C=O) groups is 1. The fraction of sp³-hybridized carbons (Fsp3) is 0.286. The number of halogens is 1. The molecule has 0 bridgehead atoms. The highest BCUT2D eigenvalue weighted by Gasteiger charge is 2.31. The van der Waals surface area contributed by atoms with Gasteiger partial charge in [-0.05, 0) is 30.4 Å². The smallest absolute Gasteiger partial charge is 0.224 e. The van der Waals surface area contributed by atoms with Gasteiger partial charge in [0.1, 0.15) is 11.0 Å². The van der Waals surface area contributed by atoms with E-state index in [0.29, 0.717) is 11.1 Å². The number of amides is 1. The summed E-state index contributed by atoms with van der Waals surface area (Å²) in [5.41, 5.74) is 6.23. The van der Waals surface area contributed by atoms with Gasteiger partial charge in [-0.2, -0.15) is 5.26 Å². The average molecular weight is 302 g/mol. The van der Waals surface area contributed by atoms with Crippen molar-refractivity contribution in [2.24, 2.45) is 5.92 Å². The molecule has 2 aromatic heterocycles. The van der Waals surface area contributed by atoms with E-state index in [0.717, 1.165) is 18.2 Å². The fourth-order valence-corrected chi connectivity index (χ4v) is 2.30. The van der Waals surface area contributed by atoms with Crippen molar-refractivity contribution < 1.29 is 4.79 Å². The third-order valence-electron chi connectivity index (χ3n) is 3.39. The van der Waals surface area contributed by atoms with Crippen LogP contribution in [-0.4, -0.2) is 15.9 Å². The van der Waals surface area contributed by atoms with Gasteiger partial charge in [0.05, 0.1) is 11.8 Å². The Morgan fingerprint density at radius 1 is 1.52 bits per heavy atom. The summed E-state index contributed by atoms with van der Waals surface area (Å²) in [6.45, 7) is 0. The summed E-state index contributed by atoms with van der Waals surface area (Å²) < 4.78 is 0. The highest BCUT2D eigenvalue weighted by atomic mass is 35.5. The van der Waals surface area contributed by atoms with Crippen molar-refractivity contribution in [1.82, 2.24) is 15.3 Å². The van der Waals surface area contributed by atoms with Gasteiger partial charge in [-0.15, -0.1) is 0 Å².